The number of nitrogens with zero attached hydrogens (tertiary/aromatic N) is 2. The molecule has 198 valence electrons. The van der Waals surface area contributed by atoms with Crippen molar-refractivity contribution in [1.29, 1.82) is 0 Å². The maximum atomic E-state index is 11.7. The summed E-state index contributed by atoms with van der Waals surface area (Å²) in [5.41, 5.74) is 12.0. The van der Waals surface area contributed by atoms with Crippen LogP contribution in [0, 0.1) is 13.8 Å². The Hall–Kier alpha value is -4.04. The number of aryl methyl sites for hydroxylation is 3. The first-order valence-electron chi connectivity index (χ1n) is 13.1. The molecule has 1 aliphatic heterocycles. The van der Waals surface area contributed by atoms with E-state index in [9.17, 15) is 4.79 Å². The number of fused-ring (bicyclic) bond motifs is 1. The summed E-state index contributed by atoms with van der Waals surface area (Å²) < 4.78 is 20.0. The molecule has 1 aliphatic rings. The van der Waals surface area contributed by atoms with Crippen molar-refractivity contribution in [3.63, 3.8) is 0 Å². The molecule has 8 nitrogen and oxygen atoms in total. The third kappa shape index (κ3) is 5.31. The predicted octanol–water partition coefficient (Wildman–Crippen LogP) is 5.69. The van der Waals surface area contributed by atoms with Gasteiger partial charge in [0.15, 0.2) is 12.9 Å². The number of para-hydroxylation sites is 1. The Morgan fingerprint density at radius 2 is 1.97 bits per heavy atom. The number of nitrogens with one attached hydrogen (secondary N) is 1. The molecule has 1 saturated heterocycles. The molecule has 3 heterocycles. The molecule has 2 aromatic carbocycles. The number of pyridine rings is 1. The van der Waals surface area contributed by atoms with Gasteiger partial charge in [0, 0.05) is 29.9 Å². The molecule has 0 spiro atoms. The molecule has 38 heavy (non-hydrogen) atoms. The third-order valence-electron chi connectivity index (χ3n) is 6.80. The molecule has 1 fully saturated rings. The van der Waals surface area contributed by atoms with Crippen LogP contribution in [0.1, 0.15) is 42.9 Å². The number of primary amides is 1. The number of carbonyl (C=O) groups excluding carboxylic acids is 1. The van der Waals surface area contributed by atoms with Crippen LogP contribution in [-0.4, -0.2) is 34.8 Å². The molecular weight excluding hydrogens is 480 g/mol. The summed E-state index contributed by atoms with van der Waals surface area (Å²) in [6.07, 6.45) is 5.30. The van der Waals surface area contributed by atoms with E-state index < -0.39 is 5.91 Å². The molecule has 8 heteroatoms. The van der Waals surface area contributed by atoms with Crippen LogP contribution in [0.2, 0.25) is 0 Å². The van der Waals surface area contributed by atoms with Gasteiger partial charge in [0.2, 0.25) is 0 Å². The van der Waals surface area contributed by atoms with Crippen molar-refractivity contribution < 1.29 is 19.0 Å². The topological polar surface area (TPSA) is 100 Å². The Balaban J connectivity index is 1.67. The summed E-state index contributed by atoms with van der Waals surface area (Å²) >= 11 is 0. The molecule has 0 bridgehead atoms. The molecule has 0 saturated carbocycles. The Bertz CT molecular complexity index is 1440. The van der Waals surface area contributed by atoms with E-state index in [1.54, 1.807) is 0 Å². The minimum atomic E-state index is -0.556. The average molecular weight is 515 g/mol. The molecule has 0 radical (unpaired) electrons. The van der Waals surface area contributed by atoms with Crippen LogP contribution in [-0.2, 0) is 16.0 Å². The van der Waals surface area contributed by atoms with Gasteiger partial charge in [-0.15, -0.1) is 0 Å². The van der Waals surface area contributed by atoms with Crippen LogP contribution in [0.3, 0.4) is 0 Å². The van der Waals surface area contributed by atoms with Gasteiger partial charge in [-0.2, -0.15) is 0 Å². The van der Waals surface area contributed by atoms with Gasteiger partial charge in [0.1, 0.15) is 28.7 Å². The van der Waals surface area contributed by atoms with Crippen molar-refractivity contribution in [3.8, 4) is 22.8 Å². The Morgan fingerprint density at radius 3 is 2.68 bits per heavy atom. The summed E-state index contributed by atoms with van der Waals surface area (Å²) in [5.74, 6) is 1.37. The molecule has 1 amide bonds. The van der Waals surface area contributed by atoms with Gasteiger partial charge in [-0.1, -0.05) is 31.2 Å². The Morgan fingerprint density at radius 1 is 1.16 bits per heavy atom. The number of carbonyl (C=O) groups is 1. The highest BCUT2D eigenvalue weighted by molar-refractivity contribution is 5.86. The maximum Gasteiger partial charge on any atom is 0.255 e. The standard InChI is InChI=1S/C30H34N4O4/c1-4-21-16-22(38-26-13-6-8-15-36-26)17-23(37-18-24(31)35)27(21)29-30(34-14-7-5-12-25(34)32-29)33-28-19(2)10-9-11-20(28)3/h5,7,9-12,14,16-17,26,33H,4,6,8,13,15,18H2,1-3H3,(H2,31,35). The van der Waals surface area contributed by atoms with Crippen LogP contribution >= 0.6 is 0 Å². The van der Waals surface area contributed by atoms with Gasteiger partial charge in [-0.25, -0.2) is 4.98 Å². The van der Waals surface area contributed by atoms with E-state index in [1.165, 1.54) is 0 Å². The van der Waals surface area contributed by atoms with E-state index in [0.717, 1.165) is 64.4 Å². The van der Waals surface area contributed by atoms with Gasteiger partial charge >= 0.3 is 0 Å². The normalized spacial score (nSPS) is 15.4. The van der Waals surface area contributed by atoms with Crippen molar-refractivity contribution in [2.45, 2.75) is 52.7 Å². The number of hydrogen-bond donors (Lipinski definition) is 2. The lowest BCUT2D eigenvalue weighted by Gasteiger charge is -2.25. The minimum Gasteiger partial charge on any atom is -0.483 e. The maximum absolute atomic E-state index is 11.7. The van der Waals surface area contributed by atoms with E-state index >= 15 is 0 Å². The third-order valence-corrected chi connectivity index (χ3v) is 6.80. The zero-order chi connectivity index (χ0) is 26.6. The number of rotatable bonds is 9. The smallest absolute Gasteiger partial charge is 0.255 e. The van der Waals surface area contributed by atoms with Crippen LogP contribution in [0.25, 0.3) is 16.9 Å². The fourth-order valence-electron chi connectivity index (χ4n) is 4.90. The second-order valence-corrected chi connectivity index (χ2v) is 9.61. The second kappa shape index (κ2) is 11.1. The number of ether oxygens (including phenoxy) is 3. The summed E-state index contributed by atoms with van der Waals surface area (Å²) in [6.45, 7) is 6.66. The molecule has 1 atom stereocenters. The number of nitrogens with two attached hydrogens (primary N) is 1. The average Bonchev–Trinajstić information content (AvgIpc) is 3.27. The van der Waals surface area contributed by atoms with Gasteiger partial charge in [0.05, 0.1) is 6.61 Å². The fraction of sp³-hybridized carbons (Fsp3) is 0.333. The van der Waals surface area contributed by atoms with Gasteiger partial charge in [-0.3, -0.25) is 9.20 Å². The van der Waals surface area contributed by atoms with Crippen LogP contribution in [0.5, 0.6) is 11.5 Å². The number of aromatic nitrogens is 2. The first kappa shape index (κ1) is 25.6. The predicted molar refractivity (Wildman–Crippen MR) is 148 cm³/mol. The van der Waals surface area contributed by atoms with E-state index in [4.69, 9.17) is 24.9 Å². The first-order valence-corrected chi connectivity index (χ1v) is 13.1. The lowest BCUT2D eigenvalue weighted by molar-refractivity contribution is -0.120. The molecule has 3 N–H and O–H groups in total. The van der Waals surface area contributed by atoms with Gasteiger partial charge in [0.25, 0.3) is 5.91 Å². The number of hydrogen-bond acceptors (Lipinski definition) is 6. The molecular formula is C30H34N4O4. The van der Waals surface area contributed by atoms with Gasteiger partial charge in [-0.05, 0) is 68.0 Å². The summed E-state index contributed by atoms with van der Waals surface area (Å²) in [4.78, 5) is 16.7. The van der Waals surface area contributed by atoms with Crippen molar-refractivity contribution in [3.05, 3.63) is 71.4 Å². The van der Waals surface area contributed by atoms with Gasteiger partial charge < -0.3 is 25.3 Å². The number of amides is 1. The number of anilines is 2. The molecule has 4 aromatic rings. The molecule has 2 aromatic heterocycles. The highest BCUT2D eigenvalue weighted by atomic mass is 16.7. The quantitative estimate of drug-likeness (QED) is 0.297. The summed E-state index contributed by atoms with van der Waals surface area (Å²) in [7, 11) is 0. The van der Waals surface area contributed by atoms with Crippen molar-refractivity contribution >= 4 is 23.1 Å². The van der Waals surface area contributed by atoms with Crippen LogP contribution in [0.4, 0.5) is 11.5 Å². The lowest BCUT2D eigenvalue weighted by Crippen LogP contribution is -2.25. The first-order chi connectivity index (χ1) is 18.4. The fourth-order valence-corrected chi connectivity index (χ4v) is 4.90. The minimum absolute atomic E-state index is 0.257. The zero-order valence-corrected chi connectivity index (χ0v) is 22.1. The van der Waals surface area contributed by atoms with Crippen molar-refractivity contribution in [2.24, 2.45) is 5.73 Å². The summed E-state index contributed by atoms with van der Waals surface area (Å²) in [6, 6.07) is 15.9. The number of benzene rings is 2. The SMILES string of the molecule is CCc1cc(OC2CCCCO2)cc(OCC(N)=O)c1-c1nc2ccccn2c1Nc1c(C)cccc1C. The monoisotopic (exact) mass is 514 g/mol. The van der Waals surface area contributed by atoms with Crippen LogP contribution in [0.15, 0.2) is 54.7 Å². The molecule has 5 rings (SSSR count). The lowest BCUT2D eigenvalue weighted by atomic mass is 10.00. The summed E-state index contributed by atoms with van der Waals surface area (Å²) in [5, 5.41) is 3.66. The van der Waals surface area contributed by atoms with E-state index in [0.29, 0.717) is 24.5 Å². The largest absolute Gasteiger partial charge is 0.483 e. The van der Waals surface area contributed by atoms with Crippen molar-refractivity contribution in [1.82, 2.24) is 9.38 Å². The van der Waals surface area contributed by atoms with E-state index in [1.807, 2.05) is 47.0 Å². The van der Waals surface area contributed by atoms with E-state index in [2.05, 4.69) is 38.2 Å². The highest BCUT2D eigenvalue weighted by Gasteiger charge is 2.24. The second-order valence-electron chi connectivity index (χ2n) is 9.61. The Kier molecular flexibility index (Phi) is 7.51. The van der Waals surface area contributed by atoms with Crippen LogP contribution < -0.4 is 20.5 Å². The number of imidazole rings is 1. The Labute approximate surface area is 222 Å². The van der Waals surface area contributed by atoms with Crippen molar-refractivity contribution in [2.75, 3.05) is 18.5 Å². The zero-order valence-electron chi connectivity index (χ0n) is 22.1. The van der Waals surface area contributed by atoms with E-state index in [-0.39, 0.29) is 12.9 Å². The highest BCUT2D eigenvalue weighted by Crippen LogP contribution is 2.42. The molecule has 1 unspecified atom stereocenters. The molecule has 0 aliphatic carbocycles.